The lowest BCUT2D eigenvalue weighted by Crippen LogP contribution is -2.23. The van der Waals surface area contributed by atoms with Crippen molar-refractivity contribution in [3.05, 3.63) is 52.4 Å². The summed E-state index contributed by atoms with van der Waals surface area (Å²) in [6, 6.07) is 6.07. The van der Waals surface area contributed by atoms with Gasteiger partial charge in [-0.2, -0.15) is 14.8 Å². The summed E-state index contributed by atoms with van der Waals surface area (Å²) in [6.07, 6.45) is 8.61. The van der Waals surface area contributed by atoms with Crippen LogP contribution in [0.2, 0.25) is 0 Å². The molecule has 9 nitrogen and oxygen atoms in total. The van der Waals surface area contributed by atoms with Crippen molar-refractivity contribution < 1.29 is 4.52 Å². The summed E-state index contributed by atoms with van der Waals surface area (Å²) in [4.78, 5) is 21.1. The van der Waals surface area contributed by atoms with Crippen LogP contribution in [0.15, 0.2) is 39.9 Å². The molecule has 0 radical (unpaired) electrons. The minimum Gasteiger partial charge on any atom is -0.367 e. The van der Waals surface area contributed by atoms with Crippen LogP contribution >= 0.6 is 0 Å². The van der Waals surface area contributed by atoms with Crippen LogP contribution in [0.4, 0.5) is 11.8 Å². The summed E-state index contributed by atoms with van der Waals surface area (Å²) in [5.74, 6) is 2.61. The Balaban J connectivity index is 1.18. The van der Waals surface area contributed by atoms with Crippen LogP contribution in [0.1, 0.15) is 49.5 Å². The highest BCUT2D eigenvalue weighted by Gasteiger charge is 2.31. The molecule has 0 unspecified atom stereocenters. The summed E-state index contributed by atoms with van der Waals surface area (Å²) in [6.45, 7) is 1.77. The Hall–Kier alpha value is -3.23. The van der Waals surface area contributed by atoms with Crippen molar-refractivity contribution in [1.29, 1.82) is 0 Å². The zero-order valence-electron chi connectivity index (χ0n) is 16.2. The first-order valence-corrected chi connectivity index (χ1v) is 10.0. The van der Waals surface area contributed by atoms with E-state index in [-0.39, 0.29) is 5.56 Å². The maximum Gasteiger partial charge on any atom is 0.274 e. The standard InChI is InChI=1S/C20H23N7O2/c1-12-8-9-22-27(19(12)28)16-6-7-17(21-11-16)23-14-4-5-15(10-14)24-20-25-18(29-26-20)13-2-3-13/h6-9,11,13-15H,2-5,10H2,1H3,(H,21,23)(H,24,26)/t14-,15-/m0/s1. The van der Waals surface area contributed by atoms with Crippen LogP contribution in [0.3, 0.4) is 0 Å². The first-order valence-electron chi connectivity index (χ1n) is 10.0. The van der Waals surface area contributed by atoms with Crippen LogP contribution in [0.5, 0.6) is 0 Å². The van der Waals surface area contributed by atoms with Gasteiger partial charge in [-0.1, -0.05) is 0 Å². The maximum atomic E-state index is 12.2. The van der Waals surface area contributed by atoms with E-state index in [0.717, 1.165) is 43.8 Å². The molecule has 2 aliphatic rings. The molecule has 2 fully saturated rings. The van der Waals surface area contributed by atoms with E-state index in [4.69, 9.17) is 4.52 Å². The fourth-order valence-electron chi connectivity index (χ4n) is 3.71. The van der Waals surface area contributed by atoms with Crippen LogP contribution < -0.4 is 16.2 Å². The zero-order chi connectivity index (χ0) is 19.8. The van der Waals surface area contributed by atoms with Crippen LogP contribution in [0.25, 0.3) is 5.69 Å². The molecule has 2 N–H and O–H groups in total. The number of aryl methyl sites for hydroxylation is 1. The van der Waals surface area contributed by atoms with Crippen LogP contribution in [0, 0.1) is 6.92 Å². The lowest BCUT2D eigenvalue weighted by Gasteiger charge is -2.14. The number of aromatic nitrogens is 5. The van der Waals surface area contributed by atoms with Crippen molar-refractivity contribution in [1.82, 2.24) is 24.9 Å². The molecule has 3 aromatic rings. The summed E-state index contributed by atoms with van der Waals surface area (Å²) < 4.78 is 6.67. The van der Waals surface area contributed by atoms with E-state index >= 15 is 0 Å². The fraction of sp³-hybridized carbons (Fsp3) is 0.450. The van der Waals surface area contributed by atoms with E-state index in [2.05, 4.69) is 30.9 Å². The summed E-state index contributed by atoms with van der Waals surface area (Å²) in [7, 11) is 0. The molecule has 0 aromatic carbocycles. The number of nitrogens with one attached hydrogen (secondary N) is 2. The highest BCUT2D eigenvalue weighted by molar-refractivity contribution is 5.41. The monoisotopic (exact) mass is 393 g/mol. The predicted molar refractivity (Wildman–Crippen MR) is 107 cm³/mol. The molecule has 29 heavy (non-hydrogen) atoms. The quantitative estimate of drug-likeness (QED) is 0.657. The average Bonchev–Trinajstić information content (AvgIpc) is 3.32. The second kappa shape index (κ2) is 7.31. The Morgan fingerprint density at radius 2 is 1.93 bits per heavy atom. The van der Waals surface area contributed by atoms with Gasteiger partial charge in [-0.15, -0.1) is 0 Å². The number of anilines is 2. The molecule has 150 valence electrons. The smallest absolute Gasteiger partial charge is 0.274 e. The number of hydrogen-bond acceptors (Lipinski definition) is 8. The van der Waals surface area contributed by atoms with Gasteiger partial charge in [0.15, 0.2) is 0 Å². The molecule has 3 aromatic heterocycles. The maximum absolute atomic E-state index is 12.2. The summed E-state index contributed by atoms with van der Waals surface area (Å²) in [5, 5.41) is 15.0. The molecule has 0 amide bonds. The van der Waals surface area contributed by atoms with Crippen LogP contribution in [-0.4, -0.2) is 37.0 Å². The number of hydrogen-bond donors (Lipinski definition) is 2. The Morgan fingerprint density at radius 1 is 1.10 bits per heavy atom. The molecule has 9 heteroatoms. The Morgan fingerprint density at radius 3 is 2.69 bits per heavy atom. The molecular formula is C20H23N7O2. The van der Waals surface area contributed by atoms with Gasteiger partial charge >= 0.3 is 0 Å². The van der Waals surface area contributed by atoms with Gasteiger partial charge in [0.2, 0.25) is 5.89 Å². The largest absolute Gasteiger partial charge is 0.367 e. The Bertz CT molecular complexity index is 1060. The van der Waals surface area contributed by atoms with E-state index in [1.807, 2.05) is 12.1 Å². The van der Waals surface area contributed by atoms with E-state index < -0.39 is 0 Å². The van der Waals surface area contributed by atoms with E-state index in [0.29, 0.717) is 35.2 Å². The molecule has 2 atom stereocenters. The molecule has 2 aliphatic carbocycles. The highest BCUT2D eigenvalue weighted by atomic mass is 16.5. The van der Waals surface area contributed by atoms with Gasteiger partial charge in [0.1, 0.15) is 5.82 Å². The van der Waals surface area contributed by atoms with Gasteiger partial charge in [-0.25, -0.2) is 4.98 Å². The lowest BCUT2D eigenvalue weighted by molar-refractivity contribution is 0.379. The first kappa shape index (κ1) is 17.8. The number of pyridine rings is 1. The van der Waals surface area contributed by atoms with E-state index in [1.165, 1.54) is 4.68 Å². The zero-order valence-corrected chi connectivity index (χ0v) is 16.2. The van der Waals surface area contributed by atoms with E-state index in [9.17, 15) is 4.79 Å². The normalized spacial score (nSPS) is 21.3. The third-order valence-corrected chi connectivity index (χ3v) is 5.52. The van der Waals surface area contributed by atoms with Crippen LogP contribution in [-0.2, 0) is 0 Å². The molecule has 0 saturated heterocycles. The minimum absolute atomic E-state index is 0.133. The van der Waals surface area contributed by atoms with Gasteiger partial charge in [0.05, 0.1) is 11.9 Å². The van der Waals surface area contributed by atoms with Gasteiger partial charge in [-0.3, -0.25) is 4.79 Å². The first-order chi connectivity index (χ1) is 14.2. The number of nitrogens with zero attached hydrogens (tertiary/aromatic N) is 5. The molecule has 5 rings (SSSR count). The molecule has 0 aliphatic heterocycles. The predicted octanol–water partition coefficient (Wildman–Crippen LogP) is 2.64. The van der Waals surface area contributed by atoms with Crippen molar-refractivity contribution in [3.63, 3.8) is 0 Å². The third-order valence-electron chi connectivity index (χ3n) is 5.52. The van der Waals surface area contributed by atoms with Crippen molar-refractivity contribution in [2.24, 2.45) is 0 Å². The summed E-state index contributed by atoms with van der Waals surface area (Å²) >= 11 is 0. The topological polar surface area (TPSA) is 111 Å². The van der Waals surface area contributed by atoms with E-state index in [1.54, 1.807) is 25.4 Å². The van der Waals surface area contributed by atoms with Crippen molar-refractivity contribution in [3.8, 4) is 5.69 Å². The second-order valence-corrected chi connectivity index (χ2v) is 7.86. The Labute approximate surface area is 167 Å². The average molecular weight is 393 g/mol. The fourth-order valence-corrected chi connectivity index (χ4v) is 3.71. The third kappa shape index (κ3) is 3.85. The van der Waals surface area contributed by atoms with Crippen molar-refractivity contribution in [2.45, 2.75) is 57.0 Å². The summed E-state index contributed by atoms with van der Waals surface area (Å²) in [5.41, 5.74) is 1.17. The van der Waals surface area contributed by atoms with Crippen molar-refractivity contribution in [2.75, 3.05) is 10.6 Å². The van der Waals surface area contributed by atoms with Gasteiger partial charge in [-0.05, 0) is 62.4 Å². The van der Waals surface area contributed by atoms with Gasteiger partial charge < -0.3 is 15.2 Å². The van der Waals surface area contributed by atoms with Crippen molar-refractivity contribution >= 4 is 11.8 Å². The SMILES string of the molecule is Cc1ccnn(-c2ccc(N[C@H]3CC[C@H](Nc4noc(C5CC5)n4)C3)nc2)c1=O. The number of rotatable bonds is 6. The minimum atomic E-state index is -0.133. The molecule has 0 bridgehead atoms. The molecular weight excluding hydrogens is 370 g/mol. The molecule has 2 saturated carbocycles. The second-order valence-electron chi connectivity index (χ2n) is 7.86. The van der Waals surface area contributed by atoms with Gasteiger partial charge in [0, 0.05) is 29.8 Å². The lowest BCUT2D eigenvalue weighted by atomic mass is 10.2. The molecule has 0 spiro atoms. The highest BCUT2D eigenvalue weighted by Crippen LogP contribution is 2.39. The Kier molecular flexibility index (Phi) is 4.49. The molecule has 3 heterocycles. The van der Waals surface area contributed by atoms with Gasteiger partial charge in [0.25, 0.3) is 11.5 Å².